The molecule has 1 fully saturated rings. The van der Waals surface area contributed by atoms with Gasteiger partial charge in [-0.25, -0.2) is 0 Å². The van der Waals surface area contributed by atoms with E-state index in [2.05, 4.69) is 22.4 Å². The minimum absolute atomic E-state index is 0.128. The summed E-state index contributed by atoms with van der Waals surface area (Å²) in [4.78, 5) is 15.4. The van der Waals surface area contributed by atoms with Gasteiger partial charge < -0.3 is 16.2 Å². The maximum absolute atomic E-state index is 11.3. The number of aromatic nitrogens is 1. The first-order valence-corrected chi connectivity index (χ1v) is 8.37. The number of hydrogen-bond acceptors (Lipinski definition) is 4. The third-order valence-corrected chi connectivity index (χ3v) is 4.57. The normalized spacial score (nSPS) is 20.7. The van der Waals surface area contributed by atoms with E-state index in [9.17, 15) is 9.90 Å². The smallest absolute Gasteiger partial charge is 0.250 e. The number of pyridine rings is 1. The standard InChI is InChI=1S/C19H23N3O2/c20-19(24)16-9-15(11-21-12-16)14-3-1-2-13(8-14)10-22-17-4-6-18(23)7-5-17/h1-3,8-9,11-12,17-18,22-23H,4-7,10H2,(H2,20,24). The first-order chi connectivity index (χ1) is 11.6. The summed E-state index contributed by atoms with van der Waals surface area (Å²) in [6, 6.07) is 10.4. The molecule has 5 heteroatoms. The average molecular weight is 325 g/mol. The van der Waals surface area contributed by atoms with E-state index in [-0.39, 0.29) is 6.10 Å². The molecule has 126 valence electrons. The Kier molecular flexibility index (Phi) is 5.23. The van der Waals surface area contributed by atoms with E-state index in [4.69, 9.17) is 5.73 Å². The maximum atomic E-state index is 11.3. The van der Waals surface area contributed by atoms with Gasteiger partial charge in [-0.3, -0.25) is 9.78 Å². The average Bonchev–Trinajstić information content (AvgIpc) is 2.61. The summed E-state index contributed by atoms with van der Waals surface area (Å²) in [5, 5.41) is 13.1. The Morgan fingerprint density at radius 1 is 1.17 bits per heavy atom. The summed E-state index contributed by atoms with van der Waals surface area (Å²) >= 11 is 0. The van der Waals surface area contributed by atoms with Gasteiger partial charge in [0.25, 0.3) is 0 Å². The minimum Gasteiger partial charge on any atom is -0.393 e. The number of carbonyl (C=O) groups is 1. The third kappa shape index (κ3) is 4.19. The molecule has 4 N–H and O–H groups in total. The van der Waals surface area contributed by atoms with Gasteiger partial charge in [0.2, 0.25) is 5.91 Å². The van der Waals surface area contributed by atoms with Gasteiger partial charge in [-0.2, -0.15) is 0 Å². The molecule has 0 aliphatic heterocycles. The van der Waals surface area contributed by atoms with E-state index in [0.29, 0.717) is 11.6 Å². The Bertz CT molecular complexity index is 709. The molecule has 1 aromatic heterocycles. The summed E-state index contributed by atoms with van der Waals surface area (Å²) < 4.78 is 0. The molecule has 0 bridgehead atoms. The molecule has 3 rings (SSSR count). The van der Waals surface area contributed by atoms with Crippen LogP contribution in [0.4, 0.5) is 0 Å². The first kappa shape index (κ1) is 16.6. The molecule has 1 amide bonds. The van der Waals surface area contributed by atoms with Crippen molar-refractivity contribution in [2.45, 2.75) is 44.4 Å². The fourth-order valence-electron chi connectivity index (χ4n) is 3.14. The number of rotatable bonds is 5. The molecule has 1 saturated carbocycles. The van der Waals surface area contributed by atoms with Gasteiger partial charge in [-0.05, 0) is 48.9 Å². The zero-order valence-corrected chi connectivity index (χ0v) is 13.6. The molecule has 1 aromatic carbocycles. The second-order valence-electron chi connectivity index (χ2n) is 6.41. The zero-order chi connectivity index (χ0) is 16.9. The van der Waals surface area contributed by atoms with Crippen molar-refractivity contribution >= 4 is 5.91 Å². The van der Waals surface area contributed by atoms with Crippen molar-refractivity contribution in [2.24, 2.45) is 5.73 Å². The highest BCUT2D eigenvalue weighted by molar-refractivity contribution is 5.93. The molecular weight excluding hydrogens is 302 g/mol. The van der Waals surface area contributed by atoms with E-state index in [0.717, 1.165) is 43.4 Å². The van der Waals surface area contributed by atoms with Crippen LogP contribution in [-0.2, 0) is 6.54 Å². The van der Waals surface area contributed by atoms with Crippen LogP contribution in [-0.4, -0.2) is 28.1 Å². The van der Waals surface area contributed by atoms with Crippen LogP contribution in [0, 0.1) is 0 Å². The molecule has 24 heavy (non-hydrogen) atoms. The first-order valence-electron chi connectivity index (χ1n) is 8.37. The second-order valence-corrected chi connectivity index (χ2v) is 6.41. The molecule has 0 saturated heterocycles. The fraction of sp³-hybridized carbons (Fsp3) is 0.368. The van der Waals surface area contributed by atoms with Gasteiger partial charge in [-0.15, -0.1) is 0 Å². The SMILES string of the molecule is NC(=O)c1cncc(-c2cccc(CNC3CCC(O)CC3)c2)c1. The Labute approximate surface area is 141 Å². The van der Waals surface area contributed by atoms with Gasteiger partial charge in [0.05, 0.1) is 11.7 Å². The summed E-state index contributed by atoms with van der Waals surface area (Å²) in [7, 11) is 0. The lowest BCUT2D eigenvalue weighted by atomic mass is 9.93. The van der Waals surface area contributed by atoms with Gasteiger partial charge in [0, 0.05) is 30.5 Å². The van der Waals surface area contributed by atoms with Gasteiger partial charge in [-0.1, -0.05) is 18.2 Å². The minimum atomic E-state index is -0.471. The lowest BCUT2D eigenvalue weighted by molar-refractivity contribution is 0.1000. The summed E-state index contributed by atoms with van der Waals surface area (Å²) in [6.07, 6.45) is 6.89. The number of nitrogens with two attached hydrogens (primary N) is 1. The topological polar surface area (TPSA) is 88.2 Å². The quantitative estimate of drug-likeness (QED) is 0.786. The van der Waals surface area contributed by atoms with Crippen LogP contribution in [0.1, 0.15) is 41.6 Å². The molecule has 2 aromatic rings. The number of carbonyl (C=O) groups excluding carboxylic acids is 1. The van der Waals surface area contributed by atoms with Crippen LogP contribution in [0.15, 0.2) is 42.7 Å². The molecule has 0 spiro atoms. The van der Waals surface area contributed by atoms with Crippen molar-refractivity contribution < 1.29 is 9.90 Å². The monoisotopic (exact) mass is 325 g/mol. The van der Waals surface area contributed by atoms with E-state index in [1.807, 2.05) is 12.1 Å². The number of benzene rings is 1. The van der Waals surface area contributed by atoms with E-state index in [1.165, 1.54) is 11.8 Å². The molecule has 0 radical (unpaired) electrons. The molecule has 1 heterocycles. The molecule has 1 aliphatic rings. The van der Waals surface area contributed by atoms with E-state index >= 15 is 0 Å². The Morgan fingerprint density at radius 2 is 1.96 bits per heavy atom. The summed E-state index contributed by atoms with van der Waals surface area (Å²) in [5.41, 5.74) is 8.82. The highest BCUT2D eigenvalue weighted by Gasteiger charge is 2.18. The molecular formula is C19H23N3O2. The number of nitrogens with one attached hydrogen (secondary N) is 1. The van der Waals surface area contributed by atoms with Crippen molar-refractivity contribution in [3.63, 3.8) is 0 Å². The Hall–Kier alpha value is -2.24. The van der Waals surface area contributed by atoms with Crippen LogP contribution in [0.3, 0.4) is 0 Å². The molecule has 5 nitrogen and oxygen atoms in total. The predicted octanol–water partition coefficient (Wildman–Crippen LogP) is 2.24. The van der Waals surface area contributed by atoms with Crippen LogP contribution < -0.4 is 11.1 Å². The predicted molar refractivity (Wildman–Crippen MR) is 93.3 cm³/mol. The molecule has 0 unspecified atom stereocenters. The Morgan fingerprint density at radius 3 is 2.71 bits per heavy atom. The Balaban J connectivity index is 1.68. The largest absolute Gasteiger partial charge is 0.393 e. The van der Waals surface area contributed by atoms with Crippen LogP contribution in [0.2, 0.25) is 0 Å². The van der Waals surface area contributed by atoms with E-state index in [1.54, 1.807) is 12.3 Å². The maximum Gasteiger partial charge on any atom is 0.250 e. The highest BCUT2D eigenvalue weighted by Crippen LogP contribution is 2.22. The van der Waals surface area contributed by atoms with Gasteiger partial charge in [0.1, 0.15) is 0 Å². The molecule has 0 atom stereocenters. The number of primary amides is 1. The fourth-order valence-corrected chi connectivity index (χ4v) is 3.14. The highest BCUT2D eigenvalue weighted by atomic mass is 16.3. The van der Waals surface area contributed by atoms with Crippen molar-refractivity contribution in [3.8, 4) is 11.1 Å². The van der Waals surface area contributed by atoms with Crippen LogP contribution in [0.5, 0.6) is 0 Å². The summed E-state index contributed by atoms with van der Waals surface area (Å²) in [5.74, 6) is -0.471. The second kappa shape index (κ2) is 7.55. The lowest BCUT2D eigenvalue weighted by Crippen LogP contribution is -2.34. The number of nitrogens with zero attached hydrogens (tertiary/aromatic N) is 1. The van der Waals surface area contributed by atoms with Gasteiger partial charge in [0.15, 0.2) is 0 Å². The van der Waals surface area contributed by atoms with Crippen molar-refractivity contribution in [1.29, 1.82) is 0 Å². The number of aliphatic hydroxyl groups excluding tert-OH is 1. The lowest BCUT2D eigenvalue weighted by Gasteiger charge is -2.26. The summed E-state index contributed by atoms with van der Waals surface area (Å²) in [6.45, 7) is 0.789. The van der Waals surface area contributed by atoms with Crippen LogP contribution in [0.25, 0.3) is 11.1 Å². The number of aliphatic hydroxyl groups is 1. The van der Waals surface area contributed by atoms with E-state index < -0.39 is 5.91 Å². The van der Waals surface area contributed by atoms with Crippen LogP contribution >= 0.6 is 0 Å². The van der Waals surface area contributed by atoms with Gasteiger partial charge >= 0.3 is 0 Å². The molecule has 1 aliphatic carbocycles. The van der Waals surface area contributed by atoms with Crippen molar-refractivity contribution in [2.75, 3.05) is 0 Å². The number of hydrogen-bond donors (Lipinski definition) is 3. The number of amides is 1. The van der Waals surface area contributed by atoms with Crippen molar-refractivity contribution in [3.05, 3.63) is 53.9 Å². The zero-order valence-electron chi connectivity index (χ0n) is 13.6. The van der Waals surface area contributed by atoms with Crippen molar-refractivity contribution in [1.82, 2.24) is 10.3 Å². The third-order valence-electron chi connectivity index (χ3n) is 4.57.